The zero-order valence-electron chi connectivity index (χ0n) is 42.3. The Balaban J connectivity index is 0.000000162. The topological polar surface area (TPSA) is 71.2 Å². The Morgan fingerprint density at radius 1 is 0.526 bits per heavy atom. The van der Waals surface area contributed by atoms with E-state index in [0.29, 0.717) is 108 Å². The summed E-state index contributed by atoms with van der Waals surface area (Å²) >= 11 is 39.6. The molecule has 6 aliphatic rings. The number of para-hydroxylation sites is 2. The second kappa shape index (κ2) is 21.4. The number of nitrogens with zero attached hydrogens (tertiary/aromatic N) is 4. The standard InChI is InChI=1S/C30H29Cl3FN3O.C30H27Cl3FN3O/c2*1-16(2)36-20-7-8-21(36)11-17(10-20)18-12-23(22-9-6-19(34)14-27(22)33)24-15-35-30(38)37(28(24)13-18)29-25(31)4-3-5-26(29)32/h3-6,9,12-14,16-17,20-21H,7-8,10-11,15H2,1-2H3,(H,35,38);3-6,9-10,12-14,16,20-21H,7-8,11,15H2,1-2H3,(H,35,38). The Kier molecular flexibility index (Phi) is 15.0. The zero-order chi connectivity index (χ0) is 53.4. The van der Waals surface area contributed by atoms with Gasteiger partial charge in [0.1, 0.15) is 11.6 Å². The molecule has 0 radical (unpaired) electrons. The lowest BCUT2D eigenvalue weighted by atomic mass is 9.81. The number of rotatable bonds is 8. The summed E-state index contributed by atoms with van der Waals surface area (Å²) in [7, 11) is 0. The average Bonchev–Trinajstić information content (AvgIpc) is 3.82. The van der Waals surface area contributed by atoms with Crippen molar-refractivity contribution in [2.45, 2.75) is 128 Å². The van der Waals surface area contributed by atoms with Crippen LogP contribution in [0.25, 0.3) is 27.8 Å². The summed E-state index contributed by atoms with van der Waals surface area (Å²) in [4.78, 5) is 35.1. The lowest BCUT2D eigenvalue weighted by Crippen LogP contribution is -2.46. The van der Waals surface area contributed by atoms with E-state index in [1.807, 2.05) is 0 Å². The van der Waals surface area contributed by atoms with Crippen LogP contribution in [-0.4, -0.2) is 58.1 Å². The van der Waals surface area contributed by atoms with Gasteiger partial charge < -0.3 is 10.6 Å². The molecule has 4 amide bonds. The molecule has 2 N–H and O–H groups in total. The third-order valence-corrected chi connectivity index (χ3v) is 18.1. The fourth-order valence-corrected chi connectivity index (χ4v) is 14.9. The number of anilines is 4. The van der Waals surface area contributed by atoms with E-state index in [-0.39, 0.29) is 17.9 Å². The smallest absolute Gasteiger partial charge is 0.326 e. The van der Waals surface area contributed by atoms with Crippen LogP contribution in [0.3, 0.4) is 0 Å². The number of hydrogen-bond donors (Lipinski definition) is 2. The number of carbonyl (C=O) groups excluding carboxylic acids is 2. The molecule has 3 fully saturated rings. The van der Waals surface area contributed by atoms with Gasteiger partial charge in [0.05, 0.1) is 52.9 Å². The Labute approximate surface area is 472 Å². The van der Waals surface area contributed by atoms with Crippen LogP contribution in [-0.2, 0) is 13.1 Å². The van der Waals surface area contributed by atoms with E-state index < -0.39 is 5.82 Å². The van der Waals surface area contributed by atoms with Gasteiger partial charge in [-0.1, -0.05) is 93.9 Å². The van der Waals surface area contributed by atoms with Gasteiger partial charge in [-0.3, -0.25) is 19.6 Å². The van der Waals surface area contributed by atoms with Gasteiger partial charge in [-0.05, 0) is 185 Å². The minimum absolute atomic E-state index is 0.293. The number of urea groups is 2. The van der Waals surface area contributed by atoms with Gasteiger partial charge >= 0.3 is 12.1 Å². The number of halogens is 8. The molecule has 76 heavy (non-hydrogen) atoms. The van der Waals surface area contributed by atoms with Crippen LogP contribution in [0.2, 0.25) is 30.1 Å². The minimum Gasteiger partial charge on any atom is -0.333 e. The summed E-state index contributed by atoms with van der Waals surface area (Å²) in [6, 6.07) is 30.1. The lowest BCUT2D eigenvalue weighted by molar-refractivity contribution is 0.0925. The van der Waals surface area contributed by atoms with Gasteiger partial charge in [0, 0.05) is 71.6 Å². The summed E-state index contributed by atoms with van der Waals surface area (Å²) in [5.74, 6) is -0.458. The van der Waals surface area contributed by atoms with Gasteiger partial charge in [0.15, 0.2) is 0 Å². The van der Waals surface area contributed by atoms with Crippen molar-refractivity contribution < 1.29 is 18.4 Å². The van der Waals surface area contributed by atoms with Crippen LogP contribution >= 0.6 is 69.6 Å². The highest BCUT2D eigenvalue weighted by Gasteiger charge is 2.44. The molecule has 0 spiro atoms. The van der Waals surface area contributed by atoms with Crippen molar-refractivity contribution in [1.82, 2.24) is 20.4 Å². The van der Waals surface area contributed by atoms with Gasteiger partial charge in [-0.25, -0.2) is 18.4 Å². The molecule has 4 atom stereocenters. The highest BCUT2D eigenvalue weighted by atomic mass is 35.5. The van der Waals surface area contributed by atoms with Crippen LogP contribution in [0.1, 0.15) is 101 Å². The molecule has 6 aromatic carbocycles. The van der Waals surface area contributed by atoms with E-state index >= 15 is 0 Å². The molecular weight excluding hydrogens is 1090 g/mol. The van der Waals surface area contributed by atoms with E-state index in [9.17, 15) is 18.4 Å². The molecule has 0 aromatic heterocycles. The van der Waals surface area contributed by atoms with Gasteiger partial charge in [0.2, 0.25) is 0 Å². The van der Waals surface area contributed by atoms with Crippen LogP contribution in [0.15, 0.2) is 103 Å². The zero-order valence-corrected chi connectivity index (χ0v) is 46.9. The molecule has 8 nitrogen and oxygen atoms in total. The number of nitrogens with one attached hydrogen (secondary N) is 2. The summed E-state index contributed by atoms with van der Waals surface area (Å²) < 4.78 is 28.0. The normalized spacial score (nSPS) is 22.0. The van der Waals surface area contributed by atoms with E-state index in [1.165, 1.54) is 42.7 Å². The van der Waals surface area contributed by atoms with E-state index in [1.54, 1.807) is 58.3 Å². The van der Waals surface area contributed by atoms with Crippen LogP contribution < -0.4 is 20.4 Å². The fraction of sp³-hybridized carbons (Fsp3) is 0.333. The summed E-state index contributed by atoms with van der Waals surface area (Å²) in [6.07, 6.45) is 10.1. The number of fused-ring (bicyclic) bond motifs is 6. The number of amides is 4. The first-order chi connectivity index (χ1) is 36.4. The highest BCUT2D eigenvalue weighted by Crippen LogP contribution is 2.51. The molecular formula is C60H56Cl6F2N6O2. The first kappa shape index (κ1) is 53.1. The van der Waals surface area contributed by atoms with Crippen molar-refractivity contribution in [3.05, 3.63) is 167 Å². The summed E-state index contributed by atoms with van der Waals surface area (Å²) in [5, 5.41) is 8.08. The monoisotopic (exact) mass is 1140 g/mol. The second-order valence-electron chi connectivity index (χ2n) is 21.3. The maximum absolute atomic E-state index is 14.0. The van der Waals surface area contributed by atoms with Crippen molar-refractivity contribution in [3.63, 3.8) is 0 Å². The third kappa shape index (κ3) is 9.78. The third-order valence-electron chi connectivity index (χ3n) is 16.2. The quantitative estimate of drug-likeness (QED) is 0.159. The predicted molar refractivity (Wildman–Crippen MR) is 308 cm³/mol. The molecule has 394 valence electrons. The van der Waals surface area contributed by atoms with Crippen molar-refractivity contribution in [2.24, 2.45) is 0 Å². The summed E-state index contributed by atoms with van der Waals surface area (Å²) in [6.45, 7) is 9.67. The van der Waals surface area contributed by atoms with E-state index in [2.05, 4.69) is 78.5 Å². The molecule has 6 heterocycles. The maximum Gasteiger partial charge on any atom is 0.326 e. The molecule has 0 saturated carbocycles. The molecule has 12 rings (SSSR count). The number of benzene rings is 6. The molecule has 6 aliphatic heterocycles. The molecule has 4 bridgehead atoms. The lowest BCUT2D eigenvalue weighted by Gasteiger charge is -2.42. The van der Waals surface area contributed by atoms with Crippen molar-refractivity contribution in [1.29, 1.82) is 0 Å². The number of piperidine rings is 1. The maximum atomic E-state index is 14.0. The largest absolute Gasteiger partial charge is 0.333 e. The Morgan fingerprint density at radius 3 is 1.47 bits per heavy atom. The average molecular weight is 1140 g/mol. The molecule has 0 aliphatic carbocycles. The highest BCUT2D eigenvalue weighted by molar-refractivity contribution is 6.41. The van der Waals surface area contributed by atoms with E-state index in [4.69, 9.17) is 69.6 Å². The first-order valence-corrected chi connectivity index (χ1v) is 28.3. The van der Waals surface area contributed by atoms with Crippen molar-refractivity contribution in [2.75, 3.05) is 9.80 Å². The molecule has 3 saturated heterocycles. The Hall–Kier alpha value is -4.88. The molecule has 6 aromatic rings. The van der Waals surface area contributed by atoms with Crippen LogP contribution in [0.5, 0.6) is 0 Å². The SMILES string of the molecule is CC(C)N1C2C=C(c3cc(-c4ccc(F)cc4Cl)c4c(c3)N(c3c(Cl)cccc3Cl)C(=O)NC4)CC1CC2.CC(C)N1C2CCC1CC(c1cc(-c3ccc(F)cc3Cl)c3c(c1)N(c1c(Cl)cccc1Cl)C(=O)NC3)C2. The first-order valence-electron chi connectivity index (χ1n) is 26.0. The van der Waals surface area contributed by atoms with Crippen LogP contribution in [0.4, 0.5) is 41.1 Å². The van der Waals surface area contributed by atoms with Gasteiger partial charge in [-0.2, -0.15) is 0 Å². The molecule has 16 heteroatoms. The number of carbonyl (C=O) groups is 2. The van der Waals surface area contributed by atoms with Crippen LogP contribution in [0, 0.1) is 11.6 Å². The summed E-state index contributed by atoms with van der Waals surface area (Å²) in [5.41, 5.74) is 10.6. The van der Waals surface area contributed by atoms with Gasteiger partial charge in [-0.15, -0.1) is 0 Å². The Bertz CT molecular complexity index is 3300. The van der Waals surface area contributed by atoms with Crippen molar-refractivity contribution >= 4 is 110 Å². The fourth-order valence-electron chi connectivity index (χ4n) is 13.2. The van der Waals surface area contributed by atoms with Gasteiger partial charge in [0.25, 0.3) is 0 Å². The number of hydrogen-bond acceptors (Lipinski definition) is 4. The predicted octanol–water partition coefficient (Wildman–Crippen LogP) is 17.8. The minimum atomic E-state index is -0.401. The van der Waals surface area contributed by atoms with Crippen molar-refractivity contribution in [3.8, 4) is 22.3 Å². The second-order valence-corrected chi connectivity index (χ2v) is 23.7. The molecule has 4 unspecified atom stereocenters. The Morgan fingerprint density at radius 2 is 1.00 bits per heavy atom. The van der Waals surface area contributed by atoms with E-state index in [0.717, 1.165) is 76.7 Å².